The second kappa shape index (κ2) is 8.78. The molecule has 0 saturated heterocycles. The number of aromatic nitrogens is 3. The number of rotatable bonds is 5. The summed E-state index contributed by atoms with van der Waals surface area (Å²) in [6.07, 6.45) is 9.72. The molecule has 0 spiro atoms. The lowest BCUT2D eigenvalue weighted by atomic mass is 9.96. The first kappa shape index (κ1) is 19.6. The van der Waals surface area contributed by atoms with E-state index in [-0.39, 0.29) is 0 Å². The maximum Gasteiger partial charge on any atom is 0.225 e. The van der Waals surface area contributed by atoms with Crippen molar-refractivity contribution in [2.45, 2.75) is 52.0 Å². The van der Waals surface area contributed by atoms with E-state index >= 15 is 0 Å². The third-order valence-corrected chi connectivity index (χ3v) is 5.91. The van der Waals surface area contributed by atoms with Gasteiger partial charge in [0, 0.05) is 40.8 Å². The molecule has 1 fully saturated rings. The zero-order chi connectivity index (χ0) is 20.2. The molecular weight excluding hydrogens is 382 g/mol. The maximum atomic E-state index is 6.35. The van der Waals surface area contributed by atoms with Gasteiger partial charge in [-0.15, -0.1) is 0 Å². The van der Waals surface area contributed by atoms with Gasteiger partial charge in [0.05, 0.1) is 5.69 Å². The number of pyridine rings is 1. The van der Waals surface area contributed by atoms with Crippen molar-refractivity contribution in [3.8, 4) is 11.3 Å². The van der Waals surface area contributed by atoms with Crippen molar-refractivity contribution in [2.24, 2.45) is 0 Å². The van der Waals surface area contributed by atoms with Gasteiger partial charge in [-0.3, -0.25) is 4.98 Å². The number of aryl methyl sites for hydroxylation is 1. The van der Waals surface area contributed by atoms with E-state index in [9.17, 15) is 0 Å². The Hall–Kier alpha value is -2.66. The van der Waals surface area contributed by atoms with Gasteiger partial charge in [-0.05, 0) is 56.0 Å². The van der Waals surface area contributed by atoms with Crippen LogP contribution in [-0.2, 0) is 0 Å². The minimum absolute atomic E-state index is 0.430. The van der Waals surface area contributed by atoms with Crippen LogP contribution < -0.4 is 10.6 Å². The Bertz CT molecular complexity index is 984. The molecule has 2 heterocycles. The van der Waals surface area contributed by atoms with Crippen LogP contribution in [-0.4, -0.2) is 21.0 Å². The molecule has 1 aromatic carbocycles. The fraction of sp³-hybridized carbons (Fsp3) is 0.348. The van der Waals surface area contributed by atoms with E-state index in [0.717, 1.165) is 51.8 Å². The highest BCUT2D eigenvalue weighted by Gasteiger charge is 2.16. The van der Waals surface area contributed by atoms with Crippen LogP contribution in [0.4, 0.5) is 17.5 Å². The number of hydrogen-bond donors (Lipinski definition) is 2. The second-order valence-electron chi connectivity index (χ2n) is 7.67. The molecule has 0 atom stereocenters. The van der Waals surface area contributed by atoms with Gasteiger partial charge in [-0.1, -0.05) is 36.9 Å². The van der Waals surface area contributed by atoms with Crippen molar-refractivity contribution >= 4 is 29.1 Å². The highest BCUT2D eigenvalue weighted by molar-refractivity contribution is 6.31. The van der Waals surface area contributed by atoms with E-state index in [0.29, 0.717) is 12.0 Å². The summed E-state index contributed by atoms with van der Waals surface area (Å²) in [4.78, 5) is 13.7. The molecule has 2 N–H and O–H groups in total. The summed E-state index contributed by atoms with van der Waals surface area (Å²) in [7, 11) is 0. The normalized spacial score (nSPS) is 14.6. The third kappa shape index (κ3) is 4.67. The molecule has 3 aromatic rings. The molecule has 0 bridgehead atoms. The Morgan fingerprint density at radius 1 is 0.966 bits per heavy atom. The number of nitrogens with zero attached hydrogens (tertiary/aromatic N) is 3. The Kier molecular flexibility index (Phi) is 5.95. The molecule has 6 heteroatoms. The van der Waals surface area contributed by atoms with Gasteiger partial charge in [0.25, 0.3) is 0 Å². The lowest BCUT2D eigenvalue weighted by Gasteiger charge is -2.23. The van der Waals surface area contributed by atoms with Crippen LogP contribution in [0, 0.1) is 13.8 Å². The quantitative estimate of drug-likeness (QED) is 0.519. The van der Waals surface area contributed by atoms with E-state index in [2.05, 4.69) is 22.5 Å². The summed E-state index contributed by atoms with van der Waals surface area (Å²) in [6, 6.07) is 10.3. The van der Waals surface area contributed by atoms with Crippen molar-refractivity contribution in [2.75, 3.05) is 10.6 Å². The molecule has 1 saturated carbocycles. The van der Waals surface area contributed by atoms with Crippen LogP contribution >= 0.6 is 11.6 Å². The Balaban J connectivity index is 1.70. The molecule has 2 aromatic heterocycles. The van der Waals surface area contributed by atoms with Gasteiger partial charge >= 0.3 is 0 Å². The number of nitrogens with one attached hydrogen (secondary N) is 2. The fourth-order valence-corrected chi connectivity index (χ4v) is 3.98. The van der Waals surface area contributed by atoms with Crippen LogP contribution in [0.25, 0.3) is 11.3 Å². The molecule has 0 radical (unpaired) electrons. The van der Waals surface area contributed by atoms with Gasteiger partial charge in [0.2, 0.25) is 5.95 Å². The van der Waals surface area contributed by atoms with Gasteiger partial charge < -0.3 is 10.6 Å². The van der Waals surface area contributed by atoms with Gasteiger partial charge in [0.15, 0.2) is 0 Å². The van der Waals surface area contributed by atoms with Crippen molar-refractivity contribution in [1.82, 2.24) is 15.0 Å². The Labute approximate surface area is 177 Å². The molecule has 4 rings (SSSR count). The maximum absolute atomic E-state index is 6.35. The first-order chi connectivity index (χ1) is 14.1. The first-order valence-corrected chi connectivity index (χ1v) is 10.6. The van der Waals surface area contributed by atoms with Crippen LogP contribution in [0.3, 0.4) is 0 Å². The van der Waals surface area contributed by atoms with Gasteiger partial charge in [-0.25, -0.2) is 4.98 Å². The zero-order valence-corrected chi connectivity index (χ0v) is 17.6. The number of hydrogen-bond acceptors (Lipinski definition) is 5. The number of halogens is 1. The molecule has 5 nitrogen and oxygen atoms in total. The van der Waals surface area contributed by atoms with Crippen LogP contribution in [0.2, 0.25) is 5.02 Å². The number of anilines is 3. The zero-order valence-electron chi connectivity index (χ0n) is 16.9. The lowest BCUT2D eigenvalue weighted by molar-refractivity contribution is 0.461. The monoisotopic (exact) mass is 407 g/mol. The summed E-state index contributed by atoms with van der Waals surface area (Å²) < 4.78 is 0. The third-order valence-electron chi connectivity index (χ3n) is 5.50. The first-order valence-electron chi connectivity index (χ1n) is 10.2. The lowest BCUT2D eigenvalue weighted by Crippen LogP contribution is -2.23. The van der Waals surface area contributed by atoms with Crippen LogP contribution in [0.15, 0.2) is 42.7 Å². The molecule has 0 aliphatic heterocycles. The molecule has 29 heavy (non-hydrogen) atoms. The predicted octanol–water partition coefficient (Wildman–Crippen LogP) is 6.30. The minimum Gasteiger partial charge on any atom is -0.351 e. The smallest absolute Gasteiger partial charge is 0.225 e. The minimum atomic E-state index is 0.430. The summed E-state index contributed by atoms with van der Waals surface area (Å²) in [5, 5.41) is 7.77. The predicted molar refractivity (Wildman–Crippen MR) is 120 cm³/mol. The van der Waals surface area contributed by atoms with Gasteiger partial charge in [0.1, 0.15) is 5.82 Å². The van der Waals surface area contributed by atoms with E-state index < -0.39 is 0 Å². The van der Waals surface area contributed by atoms with Gasteiger partial charge in [-0.2, -0.15) is 4.98 Å². The summed E-state index contributed by atoms with van der Waals surface area (Å²) in [6.45, 7) is 4.08. The fourth-order valence-electron chi connectivity index (χ4n) is 3.82. The highest BCUT2D eigenvalue weighted by atomic mass is 35.5. The summed E-state index contributed by atoms with van der Waals surface area (Å²) >= 11 is 6.35. The molecule has 0 unspecified atom stereocenters. The molecule has 1 aliphatic rings. The van der Waals surface area contributed by atoms with Crippen molar-refractivity contribution in [3.05, 3.63) is 58.9 Å². The molecule has 0 amide bonds. The average molecular weight is 408 g/mol. The highest BCUT2D eigenvalue weighted by Crippen LogP contribution is 2.31. The summed E-state index contributed by atoms with van der Waals surface area (Å²) in [5.74, 6) is 1.41. The SMILES string of the molecule is Cc1ccc(Cl)c(C)c1Nc1cc(-c2ccncc2)nc(NC2CCCCC2)n1. The van der Waals surface area contributed by atoms with E-state index in [1.54, 1.807) is 12.4 Å². The van der Waals surface area contributed by atoms with Crippen molar-refractivity contribution in [1.29, 1.82) is 0 Å². The Morgan fingerprint density at radius 2 is 1.72 bits per heavy atom. The van der Waals surface area contributed by atoms with Crippen LogP contribution in [0.1, 0.15) is 43.2 Å². The van der Waals surface area contributed by atoms with Crippen molar-refractivity contribution in [3.63, 3.8) is 0 Å². The molecule has 150 valence electrons. The number of benzene rings is 1. The topological polar surface area (TPSA) is 62.7 Å². The van der Waals surface area contributed by atoms with E-state index in [1.807, 2.05) is 37.3 Å². The van der Waals surface area contributed by atoms with E-state index in [1.165, 1.54) is 19.3 Å². The second-order valence-corrected chi connectivity index (χ2v) is 8.07. The van der Waals surface area contributed by atoms with Crippen molar-refractivity contribution < 1.29 is 0 Å². The van der Waals surface area contributed by atoms with Crippen LogP contribution in [0.5, 0.6) is 0 Å². The average Bonchev–Trinajstić information content (AvgIpc) is 2.75. The standard InChI is InChI=1S/C23H26ClN5/c1-15-8-9-19(24)16(2)22(15)28-21-14-20(17-10-12-25-13-11-17)27-23(29-21)26-18-6-4-3-5-7-18/h8-14,18H,3-7H2,1-2H3,(H2,26,27,28,29). The van der Waals surface area contributed by atoms with E-state index in [4.69, 9.17) is 21.6 Å². The molecular formula is C23H26ClN5. The molecule has 1 aliphatic carbocycles. The Morgan fingerprint density at radius 3 is 2.48 bits per heavy atom. The summed E-state index contributed by atoms with van der Waals surface area (Å²) in [5.41, 5.74) is 4.99. The largest absolute Gasteiger partial charge is 0.351 e.